The van der Waals surface area contributed by atoms with Gasteiger partial charge in [-0.25, -0.2) is 4.98 Å². The molecule has 0 aliphatic rings. The first-order valence-electron chi connectivity index (χ1n) is 6.09. The van der Waals surface area contributed by atoms with Gasteiger partial charge in [0, 0.05) is 18.8 Å². The SMILES string of the molecule is CC(C)NCc1sc(-c2ccccn2)nc1C(F)(F)F. The summed E-state index contributed by atoms with van der Waals surface area (Å²) in [6, 6.07) is 5.20. The molecule has 0 aliphatic carbocycles. The van der Waals surface area contributed by atoms with E-state index in [1.807, 2.05) is 13.8 Å². The lowest BCUT2D eigenvalue weighted by atomic mass is 10.3. The first kappa shape index (κ1) is 14.9. The average Bonchev–Trinajstić information content (AvgIpc) is 2.81. The Morgan fingerprint density at radius 3 is 2.60 bits per heavy atom. The maximum atomic E-state index is 13.0. The Kier molecular flexibility index (Phi) is 4.39. The van der Waals surface area contributed by atoms with Gasteiger partial charge in [0.05, 0.1) is 10.6 Å². The summed E-state index contributed by atoms with van der Waals surface area (Å²) in [5, 5.41) is 3.28. The second-order valence-electron chi connectivity index (χ2n) is 4.54. The molecular weight excluding hydrogens is 287 g/mol. The van der Waals surface area contributed by atoms with Gasteiger partial charge in [0.1, 0.15) is 5.01 Å². The summed E-state index contributed by atoms with van der Waals surface area (Å²) in [4.78, 5) is 7.95. The largest absolute Gasteiger partial charge is 0.434 e. The zero-order chi connectivity index (χ0) is 14.8. The van der Waals surface area contributed by atoms with Crippen molar-refractivity contribution in [2.75, 3.05) is 0 Å². The van der Waals surface area contributed by atoms with E-state index in [2.05, 4.69) is 15.3 Å². The Morgan fingerprint density at radius 1 is 1.30 bits per heavy atom. The van der Waals surface area contributed by atoms with Crippen LogP contribution in [-0.2, 0) is 12.7 Å². The van der Waals surface area contributed by atoms with Gasteiger partial charge in [0.25, 0.3) is 0 Å². The lowest BCUT2D eigenvalue weighted by Gasteiger charge is -2.09. The molecule has 0 saturated carbocycles. The van der Waals surface area contributed by atoms with Gasteiger partial charge >= 0.3 is 6.18 Å². The van der Waals surface area contributed by atoms with Crippen molar-refractivity contribution in [3.8, 4) is 10.7 Å². The number of nitrogens with one attached hydrogen (secondary N) is 1. The molecule has 0 spiro atoms. The number of hydrogen-bond acceptors (Lipinski definition) is 4. The zero-order valence-corrected chi connectivity index (χ0v) is 11.8. The molecule has 0 amide bonds. The second kappa shape index (κ2) is 5.88. The molecule has 0 aromatic carbocycles. The molecule has 0 fully saturated rings. The number of rotatable bonds is 4. The van der Waals surface area contributed by atoms with Gasteiger partial charge < -0.3 is 5.32 Å². The molecule has 0 bridgehead atoms. The summed E-state index contributed by atoms with van der Waals surface area (Å²) >= 11 is 1.03. The first-order valence-corrected chi connectivity index (χ1v) is 6.91. The van der Waals surface area contributed by atoms with Gasteiger partial charge in [-0.15, -0.1) is 11.3 Å². The fourth-order valence-electron chi connectivity index (χ4n) is 1.59. The molecule has 0 atom stereocenters. The maximum absolute atomic E-state index is 13.0. The van der Waals surface area contributed by atoms with Crippen molar-refractivity contribution >= 4 is 11.3 Å². The molecule has 3 nitrogen and oxygen atoms in total. The van der Waals surface area contributed by atoms with Crippen LogP contribution in [0.3, 0.4) is 0 Å². The fraction of sp³-hybridized carbons (Fsp3) is 0.385. The molecule has 2 heterocycles. The van der Waals surface area contributed by atoms with E-state index in [4.69, 9.17) is 0 Å². The predicted octanol–water partition coefficient (Wildman–Crippen LogP) is 3.72. The number of thiazole rings is 1. The van der Waals surface area contributed by atoms with E-state index < -0.39 is 11.9 Å². The minimum Gasteiger partial charge on any atom is -0.310 e. The third kappa shape index (κ3) is 3.55. The van der Waals surface area contributed by atoms with Gasteiger partial charge in [-0.1, -0.05) is 19.9 Å². The molecule has 2 aromatic rings. The molecule has 0 aliphatic heterocycles. The zero-order valence-electron chi connectivity index (χ0n) is 11.0. The van der Waals surface area contributed by atoms with Crippen molar-refractivity contribution < 1.29 is 13.2 Å². The van der Waals surface area contributed by atoms with Gasteiger partial charge in [-0.05, 0) is 12.1 Å². The second-order valence-corrected chi connectivity index (χ2v) is 5.62. The number of pyridine rings is 1. The highest BCUT2D eigenvalue weighted by atomic mass is 32.1. The Balaban J connectivity index is 2.37. The van der Waals surface area contributed by atoms with Crippen LogP contribution < -0.4 is 5.32 Å². The molecular formula is C13H14F3N3S. The Labute approximate surface area is 118 Å². The van der Waals surface area contributed by atoms with Crippen molar-refractivity contribution in [3.05, 3.63) is 35.0 Å². The normalized spacial score (nSPS) is 12.1. The Morgan fingerprint density at radius 2 is 2.05 bits per heavy atom. The molecule has 0 radical (unpaired) electrons. The van der Waals surface area contributed by atoms with Crippen LogP contribution in [0.25, 0.3) is 10.7 Å². The smallest absolute Gasteiger partial charge is 0.310 e. The van der Waals surface area contributed by atoms with Crippen molar-refractivity contribution in [1.82, 2.24) is 15.3 Å². The van der Waals surface area contributed by atoms with Gasteiger partial charge in [0.2, 0.25) is 0 Å². The number of aromatic nitrogens is 2. The minimum absolute atomic E-state index is 0.108. The highest BCUT2D eigenvalue weighted by molar-refractivity contribution is 7.15. The summed E-state index contributed by atoms with van der Waals surface area (Å²) in [7, 11) is 0. The van der Waals surface area contributed by atoms with Crippen LogP contribution >= 0.6 is 11.3 Å². The van der Waals surface area contributed by atoms with Crippen molar-refractivity contribution in [3.63, 3.8) is 0 Å². The summed E-state index contributed by atoms with van der Waals surface area (Å²) in [6.07, 6.45) is -2.91. The first-order chi connectivity index (χ1) is 9.38. The number of alkyl halides is 3. The van der Waals surface area contributed by atoms with Gasteiger partial charge in [0.15, 0.2) is 5.69 Å². The molecule has 108 valence electrons. The topological polar surface area (TPSA) is 37.8 Å². The predicted molar refractivity (Wildman–Crippen MR) is 72.3 cm³/mol. The highest BCUT2D eigenvalue weighted by Crippen LogP contribution is 2.37. The standard InChI is InChI=1S/C13H14F3N3S/c1-8(2)18-7-10-11(13(14,15)16)19-12(20-10)9-5-3-4-6-17-9/h3-6,8,18H,7H2,1-2H3. The molecule has 0 saturated heterocycles. The van der Waals surface area contributed by atoms with Crippen LogP contribution in [0.15, 0.2) is 24.4 Å². The summed E-state index contributed by atoms with van der Waals surface area (Å²) in [6.45, 7) is 3.92. The maximum Gasteiger partial charge on any atom is 0.434 e. The van der Waals surface area contributed by atoms with Crippen LogP contribution in [-0.4, -0.2) is 16.0 Å². The molecule has 7 heteroatoms. The number of hydrogen-bond donors (Lipinski definition) is 1. The summed E-state index contributed by atoms with van der Waals surface area (Å²) < 4.78 is 39.0. The molecule has 2 aromatic heterocycles. The summed E-state index contributed by atoms with van der Waals surface area (Å²) in [5.41, 5.74) is -0.366. The van der Waals surface area contributed by atoms with Crippen LogP contribution in [0.1, 0.15) is 24.4 Å². The van der Waals surface area contributed by atoms with Crippen molar-refractivity contribution in [2.24, 2.45) is 0 Å². The summed E-state index contributed by atoms with van der Waals surface area (Å²) in [5.74, 6) is 0. The van der Waals surface area contributed by atoms with Crippen LogP contribution in [0, 0.1) is 0 Å². The van der Waals surface area contributed by atoms with Crippen LogP contribution in [0.2, 0.25) is 0 Å². The number of halogens is 3. The monoisotopic (exact) mass is 301 g/mol. The minimum atomic E-state index is -4.45. The van der Waals surface area contributed by atoms with E-state index in [1.54, 1.807) is 18.2 Å². The van der Waals surface area contributed by atoms with E-state index in [9.17, 15) is 13.2 Å². The Hall–Kier alpha value is -1.47. The van der Waals surface area contributed by atoms with E-state index >= 15 is 0 Å². The average molecular weight is 301 g/mol. The van der Waals surface area contributed by atoms with Gasteiger partial charge in [-0.2, -0.15) is 13.2 Å². The lowest BCUT2D eigenvalue weighted by molar-refractivity contribution is -0.141. The molecule has 2 rings (SSSR count). The molecule has 0 unspecified atom stereocenters. The van der Waals surface area contributed by atoms with E-state index in [0.717, 1.165) is 11.3 Å². The van der Waals surface area contributed by atoms with Crippen LogP contribution in [0.4, 0.5) is 13.2 Å². The third-order valence-corrected chi connectivity index (χ3v) is 3.60. The molecule has 20 heavy (non-hydrogen) atoms. The van der Waals surface area contributed by atoms with Crippen molar-refractivity contribution in [2.45, 2.75) is 32.6 Å². The fourth-order valence-corrected chi connectivity index (χ4v) is 2.60. The quantitative estimate of drug-likeness (QED) is 0.935. The highest BCUT2D eigenvalue weighted by Gasteiger charge is 2.37. The van der Waals surface area contributed by atoms with Gasteiger partial charge in [-0.3, -0.25) is 4.98 Å². The third-order valence-electron chi connectivity index (χ3n) is 2.52. The van der Waals surface area contributed by atoms with Crippen LogP contribution in [0.5, 0.6) is 0 Å². The van der Waals surface area contributed by atoms with E-state index in [1.165, 1.54) is 6.20 Å². The number of nitrogens with zero attached hydrogens (tertiary/aromatic N) is 2. The lowest BCUT2D eigenvalue weighted by Crippen LogP contribution is -2.23. The van der Waals surface area contributed by atoms with E-state index in [-0.39, 0.29) is 17.5 Å². The molecule has 1 N–H and O–H groups in total. The Bertz CT molecular complexity index is 564. The van der Waals surface area contributed by atoms with Crippen molar-refractivity contribution in [1.29, 1.82) is 0 Å². The van der Waals surface area contributed by atoms with E-state index in [0.29, 0.717) is 10.7 Å².